The highest BCUT2D eigenvalue weighted by Crippen LogP contribution is 2.18. The average molecular weight is 247 g/mol. The molecule has 1 aromatic carbocycles. The van der Waals surface area contributed by atoms with Crippen LogP contribution in [0.25, 0.3) is 0 Å². The quantitative estimate of drug-likeness (QED) is 0.887. The number of nitrogens with one attached hydrogen (secondary N) is 1. The molecule has 2 aromatic rings. The molecule has 3 rings (SSSR count). The maximum atomic E-state index is 13.5. The van der Waals surface area contributed by atoms with Crippen LogP contribution in [0, 0.1) is 5.82 Å². The van der Waals surface area contributed by atoms with Crippen LogP contribution in [0.2, 0.25) is 0 Å². The van der Waals surface area contributed by atoms with E-state index in [4.69, 9.17) is 0 Å². The van der Waals surface area contributed by atoms with E-state index >= 15 is 0 Å². The summed E-state index contributed by atoms with van der Waals surface area (Å²) in [4.78, 5) is 1.44. The van der Waals surface area contributed by atoms with E-state index in [1.807, 2.05) is 0 Å². The number of hydrogen-bond acceptors (Lipinski definition) is 4. The van der Waals surface area contributed by atoms with Gasteiger partial charge >= 0.3 is 0 Å². The molecule has 1 aromatic heterocycles. The fraction of sp³-hybridized carbons (Fsp3) is 0.417. The summed E-state index contributed by atoms with van der Waals surface area (Å²) in [5.74, 6) is 0.458. The molecule has 6 heteroatoms. The van der Waals surface area contributed by atoms with Gasteiger partial charge in [-0.1, -0.05) is 18.2 Å². The summed E-state index contributed by atoms with van der Waals surface area (Å²) in [6.45, 7) is 1.30. The second kappa shape index (κ2) is 4.81. The molecule has 0 spiro atoms. The minimum Gasteiger partial charge on any atom is -0.307 e. The zero-order valence-corrected chi connectivity index (χ0v) is 9.88. The Balaban J connectivity index is 1.75. The number of rotatable bonds is 3. The number of halogens is 1. The van der Waals surface area contributed by atoms with E-state index in [9.17, 15) is 4.39 Å². The molecule has 2 heterocycles. The van der Waals surface area contributed by atoms with Crippen LogP contribution in [0.4, 0.5) is 4.39 Å². The minimum absolute atomic E-state index is 0.194. The van der Waals surface area contributed by atoms with Gasteiger partial charge in [0.1, 0.15) is 5.82 Å². The van der Waals surface area contributed by atoms with Crippen LogP contribution >= 0.6 is 0 Å². The Labute approximate surface area is 104 Å². The predicted molar refractivity (Wildman–Crippen MR) is 63.3 cm³/mol. The van der Waals surface area contributed by atoms with E-state index in [2.05, 4.69) is 20.7 Å². The standard InChI is InChI=1S/C12H14FN5/c13-10-5-2-1-4-9(10)8-18-16-12(15-17-18)11-6-3-7-14-11/h1-2,4-5,11,14H,3,6-8H2. The van der Waals surface area contributed by atoms with Crippen LogP contribution in [-0.2, 0) is 6.54 Å². The Kier molecular flexibility index (Phi) is 3.02. The van der Waals surface area contributed by atoms with Crippen molar-refractivity contribution >= 4 is 0 Å². The van der Waals surface area contributed by atoms with Gasteiger partial charge in [0.05, 0.1) is 12.6 Å². The second-order valence-electron chi connectivity index (χ2n) is 4.42. The predicted octanol–water partition coefficient (Wildman–Crippen LogP) is 1.28. The number of aromatic nitrogens is 4. The first kappa shape index (κ1) is 11.3. The molecule has 0 bridgehead atoms. The van der Waals surface area contributed by atoms with E-state index < -0.39 is 0 Å². The molecule has 1 unspecified atom stereocenters. The van der Waals surface area contributed by atoms with Crippen molar-refractivity contribution < 1.29 is 4.39 Å². The van der Waals surface area contributed by atoms with Crippen LogP contribution in [0.15, 0.2) is 24.3 Å². The van der Waals surface area contributed by atoms with E-state index in [1.54, 1.807) is 18.2 Å². The van der Waals surface area contributed by atoms with Crippen molar-refractivity contribution in [3.8, 4) is 0 Å². The van der Waals surface area contributed by atoms with Gasteiger partial charge in [0.25, 0.3) is 0 Å². The summed E-state index contributed by atoms with van der Waals surface area (Å²) in [6, 6.07) is 6.83. The largest absolute Gasteiger partial charge is 0.307 e. The molecule has 1 aliphatic heterocycles. The molecule has 1 atom stereocenters. The van der Waals surface area contributed by atoms with Gasteiger partial charge in [0.2, 0.25) is 0 Å². The maximum absolute atomic E-state index is 13.5. The highest BCUT2D eigenvalue weighted by molar-refractivity contribution is 5.17. The lowest BCUT2D eigenvalue weighted by Gasteiger charge is -2.03. The van der Waals surface area contributed by atoms with Crippen molar-refractivity contribution in [1.82, 2.24) is 25.5 Å². The molecule has 1 fully saturated rings. The lowest BCUT2D eigenvalue weighted by atomic mass is 10.2. The average Bonchev–Trinajstić information content (AvgIpc) is 3.02. The van der Waals surface area contributed by atoms with Gasteiger partial charge in [-0.2, -0.15) is 4.80 Å². The van der Waals surface area contributed by atoms with E-state index in [-0.39, 0.29) is 11.9 Å². The van der Waals surface area contributed by atoms with Crippen molar-refractivity contribution in [2.24, 2.45) is 0 Å². The molecule has 1 aliphatic rings. The molecule has 0 saturated carbocycles. The lowest BCUT2D eigenvalue weighted by Crippen LogP contribution is -2.15. The maximum Gasteiger partial charge on any atom is 0.191 e. The van der Waals surface area contributed by atoms with E-state index in [0.717, 1.165) is 19.4 Å². The van der Waals surface area contributed by atoms with Crippen LogP contribution in [0.5, 0.6) is 0 Å². The Bertz CT molecular complexity index is 533. The molecular weight excluding hydrogens is 233 g/mol. The zero-order valence-electron chi connectivity index (χ0n) is 9.88. The van der Waals surface area contributed by atoms with Gasteiger partial charge in [-0.3, -0.25) is 0 Å². The van der Waals surface area contributed by atoms with Crippen LogP contribution in [0.3, 0.4) is 0 Å². The summed E-state index contributed by atoms with van der Waals surface area (Å²) in [6.07, 6.45) is 2.16. The fourth-order valence-electron chi connectivity index (χ4n) is 2.15. The fourth-order valence-corrected chi connectivity index (χ4v) is 2.15. The lowest BCUT2D eigenvalue weighted by molar-refractivity contribution is 0.531. The Morgan fingerprint density at radius 1 is 1.39 bits per heavy atom. The summed E-state index contributed by atoms with van der Waals surface area (Å²) >= 11 is 0. The van der Waals surface area contributed by atoms with Gasteiger partial charge in [-0.05, 0) is 30.7 Å². The monoisotopic (exact) mass is 247 g/mol. The van der Waals surface area contributed by atoms with Crippen LogP contribution < -0.4 is 5.32 Å². The Hall–Kier alpha value is -1.82. The number of benzene rings is 1. The van der Waals surface area contributed by atoms with Crippen molar-refractivity contribution in [3.05, 3.63) is 41.5 Å². The number of tetrazole rings is 1. The molecule has 0 radical (unpaired) electrons. The molecule has 0 amide bonds. The van der Waals surface area contributed by atoms with Gasteiger partial charge in [-0.25, -0.2) is 4.39 Å². The highest BCUT2D eigenvalue weighted by Gasteiger charge is 2.20. The van der Waals surface area contributed by atoms with Crippen molar-refractivity contribution in [2.45, 2.75) is 25.4 Å². The molecule has 0 aliphatic carbocycles. The number of nitrogens with zero attached hydrogens (tertiary/aromatic N) is 4. The van der Waals surface area contributed by atoms with E-state index in [1.165, 1.54) is 10.9 Å². The molecule has 1 saturated heterocycles. The van der Waals surface area contributed by atoms with Gasteiger partial charge in [0.15, 0.2) is 5.82 Å². The summed E-state index contributed by atoms with van der Waals surface area (Å²) in [5, 5.41) is 15.6. The van der Waals surface area contributed by atoms with Gasteiger partial charge < -0.3 is 5.32 Å². The second-order valence-corrected chi connectivity index (χ2v) is 4.42. The summed E-state index contributed by atoms with van der Waals surface area (Å²) < 4.78 is 13.5. The SMILES string of the molecule is Fc1ccccc1Cn1nnc(C2CCCN2)n1. The third kappa shape index (κ3) is 2.24. The first-order valence-corrected chi connectivity index (χ1v) is 6.07. The Morgan fingerprint density at radius 3 is 3.06 bits per heavy atom. The van der Waals surface area contributed by atoms with Gasteiger partial charge in [0, 0.05) is 5.56 Å². The summed E-state index contributed by atoms with van der Waals surface area (Å²) in [5.41, 5.74) is 0.570. The van der Waals surface area contributed by atoms with Crippen molar-refractivity contribution in [3.63, 3.8) is 0 Å². The highest BCUT2D eigenvalue weighted by atomic mass is 19.1. The molecule has 1 N–H and O–H groups in total. The van der Waals surface area contributed by atoms with Crippen molar-refractivity contribution in [2.75, 3.05) is 6.54 Å². The Morgan fingerprint density at radius 2 is 2.28 bits per heavy atom. The first-order valence-electron chi connectivity index (χ1n) is 6.07. The molecule has 18 heavy (non-hydrogen) atoms. The van der Waals surface area contributed by atoms with Crippen LogP contribution in [0.1, 0.15) is 30.3 Å². The molecule has 5 nitrogen and oxygen atoms in total. The van der Waals surface area contributed by atoms with E-state index in [0.29, 0.717) is 17.9 Å². The number of hydrogen-bond donors (Lipinski definition) is 1. The van der Waals surface area contributed by atoms with Crippen molar-refractivity contribution in [1.29, 1.82) is 0 Å². The normalized spacial score (nSPS) is 19.3. The molecular formula is C12H14FN5. The summed E-state index contributed by atoms with van der Waals surface area (Å²) in [7, 11) is 0. The first-order chi connectivity index (χ1) is 8.83. The van der Waals surface area contributed by atoms with Crippen LogP contribution in [-0.4, -0.2) is 26.8 Å². The topological polar surface area (TPSA) is 55.6 Å². The van der Waals surface area contributed by atoms with Gasteiger partial charge in [-0.15, -0.1) is 10.2 Å². The zero-order chi connectivity index (χ0) is 12.4. The third-order valence-electron chi connectivity index (χ3n) is 3.11. The molecule has 94 valence electrons. The third-order valence-corrected chi connectivity index (χ3v) is 3.11. The smallest absolute Gasteiger partial charge is 0.191 e. The minimum atomic E-state index is -0.240.